The third-order valence-electron chi connectivity index (χ3n) is 2.79. The molecule has 0 aliphatic heterocycles. The van der Waals surface area contributed by atoms with Gasteiger partial charge in [-0.25, -0.2) is 0 Å². The largest absolute Gasteiger partial charge is 0.357 e. The third-order valence-corrected chi connectivity index (χ3v) is 2.79. The molecule has 18 heavy (non-hydrogen) atoms. The van der Waals surface area contributed by atoms with Crippen LogP contribution in [0, 0.1) is 11.8 Å². The van der Waals surface area contributed by atoms with E-state index in [9.17, 15) is 4.79 Å². The molecule has 0 aromatic carbocycles. The van der Waals surface area contributed by atoms with Crippen molar-refractivity contribution in [3.05, 3.63) is 0 Å². The summed E-state index contributed by atoms with van der Waals surface area (Å²) in [5.41, 5.74) is 0. The minimum absolute atomic E-state index is 0.0433. The Balaban J connectivity index is 2.16. The topological polar surface area (TPSA) is 65.5 Å². The fourth-order valence-corrected chi connectivity index (χ4v) is 1.43. The van der Waals surface area contributed by atoms with Crippen LogP contribution >= 0.6 is 0 Å². The summed E-state index contributed by atoms with van der Waals surface area (Å²) >= 11 is 0. The third kappa shape index (κ3) is 6.47. The monoisotopic (exact) mass is 254 g/mol. The molecule has 5 nitrogen and oxygen atoms in total. The number of hydrogen-bond donors (Lipinski definition) is 3. The van der Waals surface area contributed by atoms with Crippen molar-refractivity contribution in [1.29, 1.82) is 0 Å². The molecule has 5 heteroatoms. The fourth-order valence-electron chi connectivity index (χ4n) is 1.43. The van der Waals surface area contributed by atoms with E-state index < -0.39 is 0 Å². The van der Waals surface area contributed by atoms with Gasteiger partial charge in [-0.2, -0.15) is 0 Å². The molecule has 0 aromatic rings. The molecule has 1 saturated carbocycles. The molecular weight excluding hydrogens is 228 g/mol. The van der Waals surface area contributed by atoms with Gasteiger partial charge in [-0.3, -0.25) is 9.79 Å². The molecule has 0 heterocycles. The Morgan fingerprint density at radius 3 is 2.44 bits per heavy atom. The van der Waals surface area contributed by atoms with Gasteiger partial charge in [-0.05, 0) is 25.7 Å². The van der Waals surface area contributed by atoms with Crippen molar-refractivity contribution in [2.75, 3.05) is 26.2 Å². The minimum atomic E-state index is 0.0433. The Hall–Kier alpha value is -1.26. The molecule has 3 N–H and O–H groups in total. The molecule has 1 amide bonds. The molecule has 104 valence electrons. The number of nitrogens with zero attached hydrogens (tertiary/aromatic N) is 1. The molecule has 0 saturated heterocycles. The highest BCUT2D eigenvalue weighted by atomic mass is 16.1. The first-order valence-electron chi connectivity index (χ1n) is 6.93. The second-order valence-electron chi connectivity index (χ2n) is 5.04. The van der Waals surface area contributed by atoms with Crippen LogP contribution in [0.3, 0.4) is 0 Å². The first-order valence-corrected chi connectivity index (χ1v) is 6.93. The van der Waals surface area contributed by atoms with Crippen LogP contribution in [0.1, 0.15) is 33.6 Å². The van der Waals surface area contributed by atoms with Gasteiger partial charge in [0.25, 0.3) is 0 Å². The van der Waals surface area contributed by atoms with Gasteiger partial charge in [0.1, 0.15) is 0 Å². The lowest BCUT2D eigenvalue weighted by atomic mass is 10.2. The van der Waals surface area contributed by atoms with E-state index in [4.69, 9.17) is 0 Å². The standard InChI is InChI=1S/C13H26N4O/c1-4-14-13(17-9-11-5-6-11)16-8-7-15-12(18)10(2)3/h10-11H,4-9H2,1-3H3,(H,15,18)(H2,14,16,17). The Labute approximate surface area is 110 Å². The molecule has 0 spiro atoms. The highest BCUT2D eigenvalue weighted by molar-refractivity contribution is 5.80. The van der Waals surface area contributed by atoms with E-state index >= 15 is 0 Å². The lowest BCUT2D eigenvalue weighted by molar-refractivity contribution is -0.123. The van der Waals surface area contributed by atoms with Crippen molar-refractivity contribution in [2.45, 2.75) is 33.6 Å². The normalized spacial score (nSPS) is 15.7. The summed E-state index contributed by atoms with van der Waals surface area (Å²) in [7, 11) is 0. The summed E-state index contributed by atoms with van der Waals surface area (Å²) in [6, 6.07) is 0. The lowest BCUT2D eigenvalue weighted by Crippen LogP contribution is -2.42. The maximum atomic E-state index is 11.4. The average Bonchev–Trinajstić information content (AvgIpc) is 3.14. The Kier molecular flexibility index (Phi) is 6.54. The van der Waals surface area contributed by atoms with Crippen LogP contribution in [0.15, 0.2) is 4.99 Å². The number of nitrogens with one attached hydrogen (secondary N) is 3. The fraction of sp³-hybridized carbons (Fsp3) is 0.846. The van der Waals surface area contributed by atoms with Gasteiger partial charge in [0.05, 0.1) is 0 Å². The summed E-state index contributed by atoms with van der Waals surface area (Å²) in [5, 5.41) is 9.30. The van der Waals surface area contributed by atoms with Crippen LogP contribution in [0.4, 0.5) is 0 Å². The van der Waals surface area contributed by atoms with Gasteiger partial charge in [0, 0.05) is 32.1 Å². The van der Waals surface area contributed by atoms with Gasteiger partial charge in [-0.1, -0.05) is 13.8 Å². The highest BCUT2D eigenvalue weighted by Gasteiger charge is 2.20. The maximum absolute atomic E-state index is 11.4. The first-order chi connectivity index (χ1) is 8.63. The minimum Gasteiger partial charge on any atom is -0.357 e. The zero-order valence-electron chi connectivity index (χ0n) is 11.8. The molecule has 1 fully saturated rings. The van der Waals surface area contributed by atoms with Crippen LogP contribution in [-0.4, -0.2) is 38.0 Å². The molecular formula is C13H26N4O. The van der Waals surface area contributed by atoms with E-state index in [2.05, 4.69) is 27.9 Å². The smallest absolute Gasteiger partial charge is 0.222 e. The molecule has 1 rings (SSSR count). The summed E-state index contributed by atoms with van der Waals surface area (Å²) < 4.78 is 0. The van der Waals surface area contributed by atoms with Gasteiger partial charge in [-0.15, -0.1) is 0 Å². The summed E-state index contributed by atoms with van der Waals surface area (Å²) in [6.07, 6.45) is 2.63. The molecule has 1 aliphatic rings. The summed E-state index contributed by atoms with van der Waals surface area (Å²) in [6.45, 7) is 8.94. The van der Waals surface area contributed by atoms with E-state index in [1.165, 1.54) is 12.8 Å². The van der Waals surface area contributed by atoms with Gasteiger partial charge < -0.3 is 16.0 Å². The predicted molar refractivity (Wildman–Crippen MR) is 74.6 cm³/mol. The first kappa shape index (κ1) is 14.8. The summed E-state index contributed by atoms with van der Waals surface area (Å²) in [4.78, 5) is 15.9. The van der Waals surface area contributed by atoms with E-state index in [1.54, 1.807) is 0 Å². The van der Waals surface area contributed by atoms with E-state index in [0.29, 0.717) is 13.1 Å². The Bertz CT molecular complexity index is 285. The number of carbonyl (C=O) groups is 1. The summed E-state index contributed by atoms with van der Waals surface area (Å²) in [5.74, 6) is 1.78. The van der Waals surface area contributed by atoms with Crippen molar-refractivity contribution in [3.63, 3.8) is 0 Å². The molecule has 0 atom stereocenters. The number of guanidine groups is 1. The number of carbonyl (C=O) groups excluding carboxylic acids is 1. The van der Waals surface area contributed by atoms with Crippen LogP contribution in [0.2, 0.25) is 0 Å². The molecule has 0 bridgehead atoms. The van der Waals surface area contributed by atoms with Crippen molar-refractivity contribution < 1.29 is 4.79 Å². The van der Waals surface area contributed by atoms with Gasteiger partial charge in [0.2, 0.25) is 5.91 Å². The zero-order chi connectivity index (χ0) is 13.4. The van der Waals surface area contributed by atoms with Crippen LogP contribution in [0.5, 0.6) is 0 Å². The second-order valence-corrected chi connectivity index (χ2v) is 5.04. The Morgan fingerprint density at radius 1 is 1.22 bits per heavy atom. The van der Waals surface area contributed by atoms with Crippen molar-refractivity contribution in [1.82, 2.24) is 16.0 Å². The predicted octanol–water partition coefficient (Wildman–Crippen LogP) is 0.724. The number of aliphatic imine (C=N–C) groups is 1. The quantitative estimate of drug-likeness (QED) is 0.356. The average molecular weight is 254 g/mol. The van der Waals surface area contributed by atoms with Gasteiger partial charge >= 0.3 is 0 Å². The van der Waals surface area contributed by atoms with Crippen molar-refractivity contribution in [2.24, 2.45) is 16.8 Å². The van der Waals surface area contributed by atoms with E-state index in [1.807, 2.05) is 13.8 Å². The molecule has 0 radical (unpaired) electrons. The van der Waals surface area contributed by atoms with E-state index in [0.717, 1.165) is 25.0 Å². The molecule has 0 aromatic heterocycles. The van der Waals surface area contributed by atoms with Crippen LogP contribution in [0.25, 0.3) is 0 Å². The zero-order valence-corrected chi connectivity index (χ0v) is 11.8. The lowest BCUT2D eigenvalue weighted by Gasteiger charge is -2.12. The number of amides is 1. The van der Waals surface area contributed by atoms with Crippen LogP contribution < -0.4 is 16.0 Å². The SMILES string of the molecule is CCNC(=NCC1CC1)NCCNC(=O)C(C)C. The molecule has 1 aliphatic carbocycles. The molecule has 0 unspecified atom stereocenters. The van der Waals surface area contributed by atoms with Crippen molar-refractivity contribution >= 4 is 11.9 Å². The van der Waals surface area contributed by atoms with Gasteiger partial charge in [0.15, 0.2) is 5.96 Å². The second kappa shape index (κ2) is 7.95. The van der Waals surface area contributed by atoms with E-state index in [-0.39, 0.29) is 11.8 Å². The number of rotatable bonds is 7. The highest BCUT2D eigenvalue weighted by Crippen LogP contribution is 2.28. The Morgan fingerprint density at radius 2 is 1.89 bits per heavy atom. The van der Waals surface area contributed by atoms with Crippen LogP contribution in [-0.2, 0) is 4.79 Å². The maximum Gasteiger partial charge on any atom is 0.222 e. The van der Waals surface area contributed by atoms with Crippen molar-refractivity contribution in [3.8, 4) is 0 Å². The number of hydrogen-bond acceptors (Lipinski definition) is 2.